The summed E-state index contributed by atoms with van der Waals surface area (Å²) in [5.74, 6) is -0.158. The Morgan fingerprint density at radius 1 is 1.38 bits per heavy atom. The van der Waals surface area contributed by atoms with Crippen LogP contribution in [0.5, 0.6) is 5.75 Å². The topological polar surface area (TPSA) is 46.5 Å². The molecule has 1 aliphatic rings. The molecule has 0 bridgehead atoms. The molecule has 0 aliphatic carbocycles. The number of aromatic hydroxyl groups is 1. The second-order valence-corrected chi connectivity index (χ2v) is 4.20. The zero-order chi connectivity index (χ0) is 11.5. The maximum Gasteiger partial charge on any atom is 0.223 e. The molecule has 1 N–H and O–H groups in total. The molecule has 0 saturated carbocycles. The third-order valence-electron chi connectivity index (χ3n) is 3.00. The molecule has 1 fully saturated rings. The molecule has 0 unspecified atom stereocenters. The maximum absolute atomic E-state index is 11.7. The Bertz CT molecular complexity index is 434. The average Bonchev–Trinajstić information content (AvgIpc) is 2.44. The Balaban J connectivity index is 2.45. The minimum Gasteiger partial charge on any atom is -0.504 e. The van der Waals surface area contributed by atoms with Crippen molar-refractivity contribution in [3.8, 4) is 5.75 Å². The lowest BCUT2D eigenvalue weighted by atomic mass is 10.0. The van der Waals surface area contributed by atoms with Gasteiger partial charge in [0.05, 0.1) is 6.10 Å². The van der Waals surface area contributed by atoms with E-state index in [1.807, 2.05) is 0 Å². The molecule has 0 aromatic heterocycles. The van der Waals surface area contributed by atoms with Crippen molar-refractivity contribution in [1.29, 1.82) is 0 Å². The van der Waals surface area contributed by atoms with Crippen LogP contribution in [0.1, 0.15) is 36.5 Å². The predicted octanol–water partition coefficient (Wildman–Crippen LogP) is 2.30. The first-order valence-electron chi connectivity index (χ1n) is 5.64. The van der Waals surface area contributed by atoms with Crippen molar-refractivity contribution in [2.45, 2.75) is 32.3 Å². The molecule has 86 valence electrons. The van der Waals surface area contributed by atoms with Crippen LogP contribution in [0.2, 0.25) is 0 Å². The fourth-order valence-corrected chi connectivity index (χ4v) is 2.01. The molecule has 1 aromatic rings. The largest absolute Gasteiger partial charge is 0.504 e. The second-order valence-electron chi connectivity index (χ2n) is 4.20. The molecular formula is C13H16O3. The molecule has 0 radical (unpaired) electrons. The van der Waals surface area contributed by atoms with Gasteiger partial charge in [-0.15, -0.1) is 0 Å². The van der Waals surface area contributed by atoms with Crippen molar-refractivity contribution in [2.24, 2.45) is 0 Å². The van der Waals surface area contributed by atoms with E-state index in [0.29, 0.717) is 17.7 Å². The number of aryl methyl sites for hydroxylation is 1. The quantitative estimate of drug-likeness (QED) is 0.790. The van der Waals surface area contributed by atoms with Crippen LogP contribution >= 0.6 is 0 Å². The number of rotatable bonds is 1. The van der Waals surface area contributed by atoms with Gasteiger partial charge in [0.2, 0.25) is 5.43 Å². The summed E-state index contributed by atoms with van der Waals surface area (Å²) < 4.78 is 5.58. The molecule has 3 heteroatoms. The standard InChI is InChI=1S/C13H16O3/c1-9-5-4-6-10(13(15)12(9)14)11-7-2-3-8-16-11/h4-6,11H,2-3,7-8H2,1H3,(H,14,15)/t11-/m0/s1. The van der Waals surface area contributed by atoms with Crippen molar-refractivity contribution in [2.75, 3.05) is 6.61 Å². The lowest BCUT2D eigenvalue weighted by Crippen LogP contribution is -2.13. The first-order valence-corrected chi connectivity index (χ1v) is 5.64. The van der Waals surface area contributed by atoms with E-state index >= 15 is 0 Å². The fraction of sp³-hybridized carbons (Fsp3) is 0.462. The Labute approximate surface area is 94.7 Å². The van der Waals surface area contributed by atoms with Crippen molar-refractivity contribution >= 4 is 0 Å². The van der Waals surface area contributed by atoms with Crippen molar-refractivity contribution in [1.82, 2.24) is 0 Å². The van der Waals surface area contributed by atoms with E-state index in [4.69, 9.17) is 4.74 Å². The fourth-order valence-electron chi connectivity index (χ4n) is 2.01. The molecule has 1 heterocycles. The molecular weight excluding hydrogens is 204 g/mol. The van der Waals surface area contributed by atoms with Gasteiger partial charge in [0.1, 0.15) is 0 Å². The van der Waals surface area contributed by atoms with E-state index < -0.39 is 0 Å². The lowest BCUT2D eigenvalue weighted by Gasteiger charge is -2.22. The van der Waals surface area contributed by atoms with Gasteiger partial charge in [-0.3, -0.25) is 4.79 Å². The van der Waals surface area contributed by atoms with E-state index in [2.05, 4.69) is 0 Å². The normalized spacial score (nSPS) is 20.7. The minimum atomic E-state index is -0.297. The van der Waals surface area contributed by atoms with Gasteiger partial charge < -0.3 is 9.84 Å². The highest BCUT2D eigenvalue weighted by molar-refractivity contribution is 5.35. The maximum atomic E-state index is 11.7. The Hall–Kier alpha value is -1.35. The Kier molecular flexibility index (Phi) is 3.25. The summed E-state index contributed by atoms with van der Waals surface area (Å²) in [6, 6.07) is 5.29. The van der Waals surface area contributed by atoms with Gasteiger partial charge >= 0.3 is 0 Å². The summed E-state index contributed by atoms with van der Waals surface area (Å²) >= 11 is 0. The van der Waals surface area contributed by atoms with Gasteiger partial charge in [0.15, 0.2) is 5.75 Å². The van der Waals surface area contributed by atoms with Crippen LogP contribution in [0.3, 0.4) is 0 Å². The molecule has 0 amide bonds. The second kappa shape index (κ2) is 4.66. The molecule has 1 atom stereocenters. The van der Waals surface area contributed by atoms with Gasteiger partial charge in [-0.2, -0.15) is 0 Å². The van der Waals surface area contributed by atoms with Crippen molar-refractivity contribution in [3.63, 3.8) is 0 Å². The molecule has 1 aliphatic heterocycles. The highest BCUT2D eigenvalue weighted by Gasteiger charge is 2.20. The van der Waals surface area contributed by atoms with Gasteiger partial charge in [-0.25, -0.2) is 0 Å². The van der Waals surface area contributed by atoms with Crippen LogP contribution in [-0.4, -0.2) is 11.7 Å². The van der Waals surface area contributed by atoms with E-state index in [-0.39, 0.29) is 17.3 Å². The minimum absolute atomic E-state index is 0.131. The third kappa shape index (κ3) is 2.09. The van der Waals surface area contributed by atoms with E-state index in [9.17, 15) is 9.90 Å². The summed E-state index contributed by atoms with van der Waals surface area (Å²) in [7, 11) is 0. The summed E-state index contributed by atoms with van der Waals surface area (Å²) in [6.07, 6.45) is 2.87. The molecule has 3 nitrogen and oxygen atoms in total. The lowest BCUT2D eigenvalue weighted by molar-refractivity contribution is 0.0136. The predicted molar refractivity (Wildman–Crippen MR) is 61.7 cm³/mol. The van der Waals surface area contributed by atoms with Crippen LogP contribution in [0, 0.1) is 6.92 Å². The summed E-state index contributed by atoms with van der Waals surface area (Å²) in [6.45, 7) is 2.41. The van der Waals surface area contributed by atoms with Crippen LogP contribution in [0.25, 0.3) is 0 Å². The first kappa shape index (κ1) is 11.1. The van der Waals surface area contributed by atoms with E-state index in [1.54, 1.807) is 25.1 Å². The number of ether oxygens (including phenoxy) is 1. The van der Waals surface area contributed by atoms with E-state index in [1.165, 1.54) is 0 Å². The molecule has 16 heavy (non-hydrogen) atoms. The Morgan fingerprint density at radius 3 is 2.88 bits per heavy atom. The van der Waals surface area contributed by atoms with Crippen LogP contribution in [-0.2, 0) is 4.74 Å². The van der Waals surface area contributed by atoms with Gasteiger partial charge in [0, 0.05) is 17.7 Å². The highest BCUT2D eigenvalue weighted by Crippen LogP contribution is 2.31. The summed E-state index contributed by atoms with van der Waals surface area (Å²) in [4.78, 5) is 11.7. The molecule has 1 aromatic carbocycles. The summed E-state index contributed by atoms with van der Waals surface area (Å²) in [5, 5.41) is 9.90. The SMILES string of the molecule is Cc1cccc([C@@H]2CCCCO2)c(O)c1=O. The van der Waals surface area contributed by atoms with Crippen molar-refractivity contribution < 1.29 is 9.84 Å². The monoisotopic (exact) mass is 220 g/mol. The van der Waals surface area contributed by atoms with Crippen LogP contribution < -0.4 is 5.43 Å². The third-order valence-corrected chi connectivity index (χ3v) is 3.00. The zero-order valence-corrected chi connectivity index (χ0v) is 9.40. The van der Waals surface area contributed by atoms with Gasteiger partial charge in [-0.1, -0.05) is 18.2 Å². The number of hydrogen-bond acceptors (Lipinski definition) is 3. The van der Waals surface area contributed by atoms with Crippen LogP contribution in [0.15, 0.2) is 23.0 Å². The van der Waals surface area contributed by atoms with E-state index in [0.717, 1.165) is 19.3 Å². The van der Waals surface area contributed by atoms with Gasteiger partial charge in [0.25, 0.3) is 0 Å². The summed E-state index contributed by atoms with van der Waals surface area (Å²) in [5.41, 5.74) is 0.881. The number of hydrogen-bond donors (Lipinski definition) is 1. The Morgan fingerprint density at radius 2 is 2.19 bits per heavy atom. The molecule has 2 rings (SSSR count). The molecule has 0 spiro atoms. The van der Waals surface area contributed by atoms with Gasteiger partial charge in [-0.05, 0) is 26.2 Å². The first-order chi connectivity index (χ1) is 7.70. The highest BCUT2D eigenvalue weighted by atomic mass is 16.5. The molecule has 1 saturated heterocycles. The average molecular weight is 220 g/mol. The van der Waals surface area contributed by atoms with Crippen LogP contribution in [0.4, 0.5) is 0 Å². The van der Waals surface area contributed by atoms with Crippen molar-refractivity contribution in [3.05, 3.63) is 39.5 Å². The smallest absolute Gasteiger partial charge is 0.223 e. The zero-order valence-electron chi connectivity index (χ0n) is 9.40.